The molecule has 1 unspecified atom stereocenters. The van der Waals surface area contributed by atoms with Crippen LogP contribution in [0.5, 0.6) is 5.75 Å². The maximum atomic E-state index is 12.4. The zero-order valence-electron chi connectivity index (χ0n) is 15.0. The predicted molar refractivity (Wildman–Crippen MR) is 102 cm³/mol. The van der Waals surface area contributed by atoms with Gasteiger partial charge in [0, 0.05) is 13.0 Å². The quantitative estimate of drug-likeness (QED) is 0.756. The molecule has 4 rings (SSSR count). The van der Waals surface area contributed by atoms with Crippen LogP contribution >= 0.6 is 0 Å². The minimum absolute atomic E-state index is 0.184. The van der Waals surface area contributed by atoms with Crippen molar-refractivity contribution in [1.82, 2.24) is 4.90 Å². The Labute approximate surface area is 158 Å². The number of nitrogens with zero attached hydrogens (tertiary/aromatic N) is 1. The highest BCUT2D eigenvalue weighted by atomic mass is 16.7. The number of carbonyl (C=O) groups is 2. The summed E-state index contributed by atoms with van der Waals surface area (Å²) in [4.78, 5) is 26.0. The largest absolute Gasteiger partial charge is 0.465 e. The number of benzene rings is 2. The summed E-state index contributed by atoms with van der Waals surface area (Å²) in [6.45, 7) is 0.980. The summed E-state index contributed by atoms with van der Waals surface area (Å²) in [7, 11) is 0. The van der Waals surface area contributed by atoms with Crippen LogP contribution in [0.1, 0.15) is 45.5 Å². The minimum atomic E-state index is -0.244. The van der Waals surface area contributed by atoms with Crippen LogP contribution < -0.4 is 4.74 Å². The topological polar surface area (TPSA) is 55.8 Å². The van der Waals surface area contributed by atoms with Gasteiger partial charge in [-0.1, -0.05) is 36.4 Å². The number of amides is 2. The van der Waals surface area contributed by atoms with Crippen molar-refractivity contribution >= 4 is 17.9 Å². The number of carbonyl (C=O) groups excluding carboxylic acids is 2. The lowest BCUT2D eigenvalue weighted by atomic mass is 10.1. The fourth-order valence-corrected chi connectivity index (χ4v) is 3.35. The Hall–Kier alpha value is -2.92. The number of hydrogen-bond acceptors (Lipinski definition) is 4. The molecule has 0 aliphatic carbocycles. The van der Waals surface area contributed by atoms with E-state index in [2.05, 4.69) is 0 Å². The van der Waals surface area contributed by atoms with Gasteiger partial charge in [0.15, 0.2) is 6.29 Å². The van der Waals surface area contributed by atoms with E-state index in [1.165, 1.54) is 4.90 Å². The predicted octanol–water partition coefficient (Wildman–Crippen LogP) is 3.90. The molecular formula is C22H21NO4. The van der Waals surface area contributed by atoms with Crippen LogP contribution in [0.25, 0.3) is 6.08 Å². The average Bonchev–Trinajstić information content (AvgIpc) is 2.94. The first-order chi connectivity index (χ1) is 13.2. The Kier molecular flexibility index (Phi) is 5.03. The number of imide groups is 1. The molecule has 0 aromatic heterocycles. The van der Waals surface area contributed by atoms with E-state index in [0.717, 1.165) is 37.2 Å². The SMILES string of the molecule is O=C1c2ccccc2C(=O)N1CC=Cc1cccc(OC2CCCCO2)c1. The van der Waals surface area contributed by atoms with Crippen LogP contribution in [-0.2, 0) is 4.74 Å². The Morgan fingerprint density at radius 2 is 1.81 bits per heavy atom. The molecule has 0 N–H and O–H groups in total. The first kappa shape index (κ1) is 17.5. The van der Waals surface area contributed by atoms with E-state index in [0.29, 0.717) is 11.1 Å². The lowest BCUT2D eigenvalue weighted by Gasteiger charge is -2.23. The van der Waals surface area contributed by atoms with E-state index in [1.54, 1.807) is 24.3 Å². The van der Waals surface area contributed by atoms with E-state index in [9.17, 15) is 9.59 Å². The number of ether oxygens (including phenoxy) is 2. The molecule has 0 spiro atoms. The Bertz CT molecular complexity index is 848. The van der Waals surface area contributed by atoms with Gasteiger partial charge in [0.05, 0.1) is 17.7 Å². The van der Waals surface area contributed by atoms with Gasteiger partial charge < -0.3 is 9.47 Å². The van der Waals surface area contributed by atoms with Crippen LogP contribution in [0, 0.1) is 0 Å². The molecule has 2 aromatic carbocycles. The van der Waals surface area contributed by atoms with Gasteiger partial charge in [0.25, 0.3) is 11.8 Å². The third-order valence-electron chi connectivity index (χ3n) is 4.74. The van der Waals surface area contributed by atoms with Crippen molar-refractivity contribution in [3.63, 3.8) is 0 Å². The monoisotopic (exact) mass is 363 g/mol. The molecule has 0 bridgehead atoms. The third kappa shape index (κ3) is 3.78. The van der Waals surface area contributed by atoms with E-state index >= 15 is 0 Å². The van der Waals surface area contributed by atoms with Crippen molar-refractivity contribution in [3.05, 3.63) is 71.3 Å². The van der Waals surface area contributed by atoms with Crippen LogP contribution in [0.2, 0.25) is 0 Å². The zero-order chi connectivity index (χ0) is 18.6. The molecule has 2 heterocycles. The Morgan fingerprint density at radius 3 is 2.52 bits per heavy atom. The number of hydrogen-bond donors (Lipinski definition) is 0. The van der Waals surface area contributed by atoms with Crippen LogP contribution in [0.4, 0.5) is 0 Å². The second kappa shape index (κ2) is 7.76. The number of rotatable bonds is 5. The molecule has 0 radical (unpaired) electrons. The second-order valence-corrected chi connectivity index (χ2v) is 6.66. The fourth-order valence-electron chi connectivity index (χ4n) is 3.35. The van der Waals surface area contributed by atoms with E-state index in [-0.39, 0.29) is 24.6 Å². The van der Waals surface area contributed by atoms with Crippen molar-refractivity contribution in [2.24, 2.45) is 0 Å². The van der Waals surface area contributed by atoms with Crippen LogP contribution in [0.15, 0.2) is 54.6 Å². The Balaban J connectivity index is 1.40. The summed E-state index contributed by atoms with van der Waals surface area (Å²) < 4.78 is 11.5. The number of fused-ring (bicyclic) bond motifs is 1. The molecule has 1 saturated heterocycles. The first-order valence-corrected chi connectivity index (χ1v) is 9.22. The maximum absolute atomic E-state index is 12.4. The maximum Gasteiger partial charge on any atom is 0.261 e. The lowest BCUT2D eigenvalue weighted by Crippen LogP contribution is -2.29. The van der Waals surface area contributed by atoms with Crippen molar-refractivity contribution in [3.8, 4) is 5.75 Å². The van der Waals surface area contributed by atoms with Crippen LogP contribution in [0.3, 0.4) is 0 Å². The molecule has 1 fully saturated rings. The average molecular weight is 363 g/mol. The second-order valence-electron chi connectivity index (χ2n) is 6.66. The van der Waals surface area contributed by atoms with Gasteiger partial charge in [0.1, 0.15) is 5.75 Å². The van der Waals surface area contributed by atoms with E-state index in [4.69, 9.17) is 9.47 Å². The third-order valence-corrected chi connectivity index (χ3v) is 4.74. The van der Waals surface area contributed by atoms with Crippen molar-refractivity contribution in [1.29, 1.82) is 0 Å². The molecule has 27 heavy (non-hydrogen) atoms. The normalized spacial score (nSPS) is 19.6. The zero-order valence-corrected chi connectivity index (χ0v) is 15.0. The molecule has 2 aliphatic rings. The van der Waals surface area contributed by atoms with Gasteiger partial charge in [-0.2, -0.15) is 0 Å². The summed E-state index contributed by atoms with van der Waals surface area (Å²) in [6.07, 6.45) is 6.62. The molecule has 0 saturated carbocycles. The molecule has 1 atom stereocenters. The van der Waals surface area contributed by atoms with Crippen molar-refractivity contribution < 1.29 is 19.1 Å². The highest BCUT2D eigenvalue weighted by molar-refractivity contribution is 6.21. The molecular weight excluding hydrogens is 342 g/mol. The summed E-state index contributed by atoms with van der Waals surface area (Å²) in [5.41, 5.74) is 1.89. The van der Waals surface area contributed by atoms with Gasteiger partial charge in [-0.05, 0) is 42.7 Å². The highest BCUT2D eigenvalue weighted by Gasteiger charge is 2.34. The van der Waals surface area contributed by atoms with Crippen LogP contribution in [-0.4, -0.2) is 36.2 Å². The van der Waals surface area contributed by atoms with Gasteiger partial charge in [-0.3, -0.25) is 14.5 Å². The smallest absolute Gasteiger partial charge is 0.261 e. The Morgan fingerprint density at radius 1 is 1.04 bits per heavy atom. The van der Waals surface area contributed by atoms with Gasteiger partial charge in [-0.15, -0.1) is 0 Å². The van der Waals surface area contributed by atoms with E-state index < -0.39 is 0 Å². The lowest BCUT2D eigenvalue weighted by molar-refractivity contribution is -0.105. The highest BCUT2D eigenvalue weighted by Crippen LogP contribution is 2.23. The van der Waals surface area contributed by atoms with Crippen molar-refractivity contribution in [2.45, 2.75) is 25.6 Å². The van der Waals surface area contributed by atoms with Crippen molar-refractivity contribution in [2.75, 3.05) is 13.2 Å². The molecule has 5 nitrogen and oxygen atoms in total. The molecule has 138 valence electrons. The minimum Gasteiger partial charge on any atom is -0.465 e. The summed E-state index contributed by atoms with van der Waals surface area (Å²) in [5, 5.41) is 0. The van der Waals surface area contributed by atoms with Gasteiger partial charge >= 0.3 is 0 Å². The molecule has 2 aliphatic heterocycles. The van der Waals surface area contributed by atoms with Gasteiger partial charge in [0.2, 0.25) is 0 Å². The summed E-state index contributed by atoms with van der Waals surface area (Å²) in [6, 6.07) is 14.6. The molecule has 2 amide bonds. The van der Waals surface area contributed by atoms with E-state index in [1.807, 2.05) is 36.4 Å². The fraction of sp³-hybridized carbons (Fsp3) is 0.273. The standard InChI is InChI=1S/C22H21NO4/c24-21-18-10-1-2-11-19(18)22(25)23(21)13-6-8-16-7-5-9-17(15-16)27-20-12-3-4-14-26-20/h1-2,5-11,15,20H,3-4,12-14H2. The molecule has 5 heteroatoms. The first-order valence-electron chi connectivity index (χ1n) is 9.22. The van der Waals surface area contributed by atoms with Gasteiger partial charge in [-0.25, -0.2) is 0 Å². The molecule has 2 aromatic rings. The summed E-state index contributed by atoms with van der Waals surface area (Å²) in [5.74, 6) is 0.267. The summed E-state index contributed by atoms with van der Waals surface area (Å²) >= 11 is 0.